The van der Waals surface area contributed by atoms with E-state index in [2.05, 4.69) is 10.3 Å². The average molecular weight is 276 g/mol. The molecule has 2 rings (SSSR count). The van der Waals surface area contributed by atoms with Crippen molar-refractivity contribution in [3.05, 3.63) is 39.6 Å². The lowest BCUT2D eigenvalue weighted by molar-refractivity contribution is -0.402. The van der Waals surface area contributed by atoms with Crippen LogP contribution in [0.5, 0.6) is 0 Å². The summed E-state index contributed by atoms with van der Waals surface area (Å²) in [6, 6.07) is 2.36. The normalized spacial score (nSPS) is 9.41. The van der Waals surface area contributed by atoms with Gasteiger partial charge in [0.15, 0.2) is 10.9 Å². The van der Waals surface area contributed by atoms with Crippen molar-refractivity contribution in [1.82, 2.24) is 4.98 Å². The summed E-state index contributed by atoms with van der Waals surface area (Å²) in [6.07, 6.45) is 1.53. The predicted molar refractivity (Wildman–Crippen MR) is 62.7 cm³/mol. The molecule has 0 aromatic carbocycles. The van der Waals surface area contributed by atoms with E-state index in [0.717, 1.165) is 6.07 Å². The molecular formula is C8H6ClN3O4S. The number of rotatable bonds is 3. The second kappa shape index (κ2) is 5.41. The van der Waals surface area contributed by atoms with Gasteiger partial charge in [-0.3, -0.25) is 20.2 Å². The monoisotopic (exact) mass is 275 g/mol. The van der Waals surface area contributed by atoms with Crippen molar-refractivity contribution in [1.29, 1.82) is 0 Å². The molecule has 17 heavy (non-hydrogen) atoms. The van der Waals surface area contributed by atoms with Gasteiger partial charge in [0.1, 0.15) is 4.92 Å². The standard InChI is InChI=1S/C8H5N3O4S.ClH/c12-7(10-8-9-3-4-16-8)5-1-2-6(15-5)11(13)14;/h1-4H,(H,9,10,12);1H. The van der Waals surface area contributed by atoms with Gasteiger partial charge in [-0.15, -0.1) is 23.7 Å². The first kappa shape index (κ1) is 13.1. The van der Waals surface area contributed by atoms with Crippen LogP contribution in [0.25, 0.3) is 0 Å². The fourth-order valence-electron chi connectivity index (χ4n) is 0.992. The van der Waals surface area contributed by atoms with Gasteiger partial charge >= 0.3 is 5.88 Å². The van der Waals surface area contributed by atoms with Gasteiger partial charge < -0.3 is 4.42 Å². The molecule has 1 N–H and O–H groups in total. The van der Waals surface area contributed by atoms with Gasteiger partial charge in [-0.05, 0) is 6.07 Å². The number of anilines is 1. The Labute approximate surface area is 105 Å². The summed E-state index contributed by atoms with van der Waals surface area (Å²) < 4.78 is 4.72. The van der Waals surface area contributed by atoms with Crippen molar-refractivity contribution in [2.24, 2.45) is 0 Å². The Morgan fingerprint density at radius 3 is 2.82 bits per heavy atom. The Bertz CT molecular complexity index is 525. The van der Waals surface area contributed by atoms with Crippen LogP contribution in [-0.2, 0) is 0 Å². The first-order valence-electron chi connectivity index (χ1n) is 4.12. The molecule has 0 fully saturated rings. The fraction of sp³-hybridized carbons (Fsp3) is 0. The van der Waals surface area contributed by atoms with Crippen LogP contribution in [0.4, 0.5) is 11.0 Å². The number of nitro groups is 1. The lowest BCUT2D eigenvalue weighted by atomic mass is 10.4. The second-order valence-corrected chi connectivity index (χ2v) is 3.58. The summed E-state index contributed by atoms with van der Waals surface area (Å²) in [5, 5.41) is 14.9. The molecule has 0 aliphatic heterocycles. The Morgan fingerprint density at radius 1 is 1.53 bits per heavy atom. The Balaban J connectivity index is 0.00000144. The van der Waals surface area contributed by atoms with Crippen LogP contribution in [0.1, 0.15) is 10.6 Å². The Hall–Kier alpha value is -1.93. The van der Waals surface area contributed by atoms with E-state index in [1.54, 1.807) is 5.38 Å². The molecule has 0 radical (unpaired) electrons. The van der Waals surface area contributed by atoms with Crippen LogP contribution in [0, 0.1) is 10.1 Å². The van der Waals surface area contributed by atoms with Crippen molar-refractivity contribution in [2.75, 3.05) is 5.32 Å². The number of carbonyl (C=O) groups excluding carboxylic acids is 1. The third-order valence-corrected chi connectivity index (χ3v) is 2.34. The van der Waals surface area contributed by atoms with Gasteiger partial charge in [-0.1, -0.05) is 0 Å². The molecule has 0 unspecified atom stereocenters. The van der Waals surface area contributed by atoms with Gasteiger partial charge in [-0.25, -0.2) is 4.98 Å². The van der Waals surface area contributed by atoms with Crippen LogP contribution in [0.15, 0.2) is 28.1 Å². The van der Waals surface area contributed by atoms with Crippen molar-refractivity contribution in [3.63, 3.8) is 0 Å². The van der Waals surface area contributed by atoms with Crippen molar-refractivity contribution >= 4 is 40.7 Å². The molecule has 0 saturated carbocycles. The highest BCUT2D eigenvalue weighted by Crippen LogP contribution is 2.17. The summed E-state index contributed by atoms with van der Waals surface area (Å²) >= 11 is 1.24. The lowest BCUT2D eigenvalue weighted by Crippen LogP contribution is -2.10. The van der Waals surface area contributed by atoms with Gasteiger partial charge in [-0.2, -0.15) is 0 Å². The minimum Gasteiger partial charge on any atom is -0.395 e. The maximum atomic E-state index is 11.5. The molecule has 2 aromatic heterocycles. The van der Waals surface area contributed by atoms with Crippen LogP contribution in [0.3, 0.4) is 0 Å². The molecule has 2 aromatic rings. The number of amides is 1. The van der Waals surface area contributed by atoms with E-state index in [1.807, 2.05) is 0 Å². The SMILES string of the molecule is Cl.O=C(Nc1nccs1)c1ccc([N+](=O)[O-])o1. The van der Waals surface area contributed by atoms with Gasteiger partial charge in [0, 0.05) is 11.6 Å². The number of hydrogen-bond acceptors (Lipinski definition) is 6. The lowest BCUT2D eigenvalue weighted by Gasteiger charge is -1.95. The number of furan rings is 1. The molecule has 0 aliphatic carbocycles. The Morgan fingerprint density at radius 2 is 2.29 bits per heavy atom. The molecule has 0 bridgehead atoms. The molecule has 0 atom stereocenters. The summed E-state index contributed by atoms with van der Waals surface area (Å²) in [4.78, 5) is 24.9. The number of carbonyl (C=O) groups is 1. The summed E-state index contributed by atoms with van der Waals surface area (Å²) in [5.74, 6) is -1.16. The zero-order chi connectivity index (χ0) is 11.5. The summed E-state index contributed by atoms with van der Waals surface area (Å²) in [7, 11) is 0. The molecule has 9 heteroatoms. The van der Waals surface area contributed by atoms with E-state index in [9.17, 15) is 14.9 Å². The zero-order valence-corrected chi connectivity index (χ0v) is 9.79. The van der Waals surface area contributed by atoms with Crippen LogP contribution in [-0.4, -0.2) is 15.8 Å². The van der Waals surface area contributed by atoms with Crippen LogP contribution in [0.2, 0.25) is 0 Å². The van der Waals surface area contributed by atoms with E-state index in [-0.39, 0.29) is 18.2 Å². The van der Waals surface area contributed by atoms with E-state index < -0.39 is 16.7 Å². The highest BCUT2D eigenvalue weighted by atomic mass is 35.5. The molecule has 7 nitrogen and oxygen atoms in total. The number of nitrogens with zero attached hydrogens (tertiary/aromatic N) is 2. The topological polar surface area (TPSA) is 98.3 Å². The number of aromatic nitrogens is 1. The van der Waals surface area contributed by atoms with Gasteiger partial charge in [0.25, 0.3) is 5.91 Å². The number of hydrogen-bond donors (Lipinski definition) is 1. The smallest absolute Gasteiger partial charge is 0.395 e. The molecule has 0 saturated heterocycles. The van der Waals surface area contributed by atoms with Crippen molar-refractivity contribution in [2.45, 2.75) is 0 Å². The molecule has 2 heterocycles. The zero-order valence-electron chi connectivity index (χ0n) is 8.15. The second-order valence-electron chi connectivity index (χ2n) is 2.69. The third-order valence-electron chi connectivity index (χ3n) is 1.65. The quantitative estimate of drug-likeness (QED) is 0.684. The number of nitrogens with one attached hydrogen (secondary N) is 1. The number of thiazole rings is 1. The largest absolute Gasteiger partial charge is 0.433 e. The molecule has 90 valence electrons. The minimum absolute atomic E-state index is 0. The van der Waals surface area contributed by atoms with E-state index >= 15 is 0 Å². The third kappa shape index (κ3) is 3.02. The molecular weight excluding hydrogens is 270 g/mol. The van der Waals surface area contributed by atoms with Crippen molar-refractivity contribution in [3.8, 4) is 0 Å². The first-order valence-corrected chi connectivity index (χ1v) is 5.00. The van der Waals surface area contributed by atoms with Gasteiger partial charge in [0.2, 0.25) is 0 Å². The van der Waals surface area contributed by atoms with Crippen molar-refractivity contribution < 1.29 is 14.1 Å². The molecule has 0 aliphatic rings. The molecule has 0 spiro atoms. The fourth-order valence-corrected chi connectivity index (χ4v) is 1.52. The Kier molecular flexibility index (Phi) is 4.18. The van der Waals surface area contributed by atoms with E-state index in [0.29, 0.717) is 5.13 Å². The minimum atomic E-state index is -0.708. The summed E-state index contributed by atoms with van der Waals surface area (Å²) in [5.41, 5.74) is 0. The average Bonchev–Trinajstić information content (AvgIpc) is 2.86. The van der Waals surface area contributed by atoms with Crippen LogP contribution < -0.4 is 5.32 Å². The highest BCUT2D eigenvalue weighted by molar-refractivity contribution is 7.13. The van der Waals surface area contributed by atoms with E-state index in [1.165, 1.54) is 23.6 Å². The highest BCUT2D eigenvalue weighted by Gasteiger charge is 2.17. The van der Waals surface area contributed by atoms with E-state index in [4.69, 9.17) is 4.42 Å². The van der Waals surface area contributed by atoms with Crippen LogP contribution >= 0.6 is 23.7 Å². The molecule has 1 amide bonds. The van der Waals surface area contributed by atoms with Gasteiger partial charge in [0.05, 0.1) is 6.07 Å². The predicted octanol–water partition coefficient (Wildman–Crippen LogP) is 2.32. The maximum absolute atomic E-state index is 11.5. The summed E-state index contributed by atoms with van der Waals surface area (Å²) in [6.45, 7) is 0. The maximum Gasteiger partial charge on any atom is 0.433 e. The first-order chi connectivity index (χ1) is 7.66. The number of halogens is 1.